The highest BCUT2D eigenvalue weighted by atomic mass is 19.1. The van der Waals surface area contributed by atoms with E-state index in [2.05, 4.69) is 9.97 Å². The Labute approximate surface area is 119 Å². The first kappa shape index (κ1) is 13.2. The van der Waals surface area contributed by atoms with Crippen LogP contribution in [0.1, 0.15) is 0 Å². The van der Waals surface area contributed by atoms with E-state index in [4.69, 9.17) is 10.5 Å². The van der Waals surface area contributed by atoms with Gasteiger partial charge in [0, 0.05) is 17.0 Å². The van der Waals surface area contributed by atoms with Crippen molar-refractivity contribution in [2.75, 3.05) is 12.8 Å². The van der Waals surface area contributed by atoms with E-state index in [0.717, 1.165) is 18.2 Å². The number of hydrogen-bond donors (Lipinski definition) is 1. The van der Waals surface area contributed by atoms with Crippen molar-refractivity contribution in [2.45, 2.75) is 0 Å². The molecule has 1 heterocycles. The molecule has 0 saturated heterocycles. The van der Waals surface area contributed by atoms with Crippen LogP contribution in [0.4, 0.5) is 14.6 Å². The van der Waals surface area contributed by atoms with Gasteiger partial charge in [0.15, 0.2) is 5.82 Å². The minimum atomic E-state index is -0.693. The maximum absolute atomic E-state index is 13.3. The molecule has 0 fully saturated rings. The third-order valence-electron chi connectivity index (χ3n) is 3.05. The highest BCUT2D eigenvalue weighted by Gasteiger charge is 2.10. The van der Waals surface area contributed by atoms with Crippen molar-refractivity contribution in [1.29, 1.82) is 0 Å². The standard InChI is InChI=1S/C15H11F2N3O/c1-21-11-2-3-13-12(7-11)14(18)20-15(19-13)8-4-9(16)6-10(17)5-8/h2-7H,1H3,(H2,18,19,20). The molecule has 0 bridgehead atoms. The molecule has 4 nitrogen and oxygen atoms in total. The average Bonchev–Trinajstić information content (AvgIpc) is 2.46. The molecule has 0 aliphatic rings. The second-order valence-electron chi connectivity index (χ2n) is 4.47. The number of nitrogen functional groups attached to an aromatic ring is 1. The number of hydrogen-bond acceptors (Lipinski definition) is 4. The maximum atomic E-state index is 13.3. The largest absolute Gasteiger partial charge is 0.497 e. The molecule has 106 valence electrons. The van der Waals surface area contributed by atoms with Crippen molar-refractivity contribution in [3.8, 4) is 17.1 Å². The third kappa shape index (κ3) is 2.47. The lowest BCUT2D eigenvalue weighted by molar-refractivity contribution is 0.415. The van der Waals surface area contributed by atoms with Gasteiger partial charge in [0.1, 0.15) is 23.2 Å². The first-order valence-corrected chi connectivity index (χ1v) is 6.14. The Bertz CT molecular complexity index is 816. The van der Waals surface area contributed by atoms with Gasteiger partial charge in [-0.05, 0) is 30.3 Å². The lowest BCUT2D eigenvalue weighted by atomic mass is 10.1. The first-order valence-electron chi connectivity index (χ1n) is 6.14. The molecular weight excluding hydrogens is 276 g/mol. The Morgan fingerprint density at radius 1 is 1.00 bits per heavy atom. The Balaban J connectivity index is 2.20. The van der Waals surface area contributed by atoms with E-state index in [1.165, 1.54) is 0 Å². The van der Waals surface area contributed by atoms with Gasteiger partial charge >= 0.3 is 0 Å². The van der Waals surface area contributed by atoms with Crippen LogP contribution in [0.3, 0.4) is 0 Å². The Kier molecular flexibility index (Phi) is 3.13. The number of methoxy groups -OCH3 is 1. The predicted octanol–water partition coefficient (Wildman–Crippen LogP) is 3.17. The van der Waals surface area contributed by atoms with Crippen LogP contribution >= 0.6 is 0 Å². The van der Waals surface area contributed by atoms with E-state index in [0.29, 0.717) is 16.7 Å². The van der Waals surface area contributed by atoms with Gasteiger partial charge < -0.3 is 10.5 Å². The molecule has 0 aliphatic carbocycles. The van der Waals surface area contributed by atoms with Crippen molar-refractivity contribution >= 4 is 16.7 Å². The summed E-state index contributed by atoms with van der Waals surface area (Å²) in [5, 5.41) is 0.620. The van der Waals surface area contributed by atoms with E-state index in [1.807, 2.05) is 0 Å². The number of ether oxygens (including phenoxy) is 1. The number of halogens is 2. The molecule has 0 unspecified atom stereocenters. The molecule has 0 spiro atoms. The van der Waals surface area contributed by atoms with Crippen LogP contribution in [0.5, 0.6) is 5.75 Å². The van der Waals surface area contributed by atoms with Crippen LogP contribution in [-0.4, -0.2) is 17.1 Å². The molecule has 2 aromatic carbocycles. The smallest absolute Gasteiger partial charge is 0.162 e. The highest BCUT2D eigenvalue weighted by Crippen LogP contribution is 2.27. The number of nitrogens with zero attached hydrogens (tertiary/aromatic N) is 2. The number of nitrogens with two attached hydrogens (primary N) is 1. The zero-order valence-electron chi connectivity index (χ0n) is 11.1. The molecule has 3 aromatic rings. The third-order valence-corrected chi connectivity index (χ3v) is 3.05. The van der Waals surface area contributed by atoms with Crippen molar-refractivity contribution in [1.82, 2.24) is 9.97 Å². The zero-order chi connectivity index (χ0) is 15.0. The predicted molar refractivity (Wildman–Crippen MR) is 75.9 cm³/mol. The van der Waals surface area contributed by atoms with Gasteiger partial charge in [0.05, 0.1) is 12.6 Å². The van der Waals surface area contributed by atoms with Crippen molar-refractivity contribution in [3.05, 3.63) is 48.0 Å². The minimum Gasteiger partial charge on any atom is -0.497 e. The van der Waals surface area contributed by atoms with Gasteiger partial charge in [0.2, 0.25) is 0 Å². The lowest BCUT2D eigenvalue weighted by Gasteiger charge is -2.07. The van der Waals surface area contributed by atoms with Crippen LogP contribution in [-0.2, 0) is 0 Å². The summed E-state index contributed by atoms with van der Waals surface area (Å²) in [5.74, 6) is -0.367. The number of rotatable bonds is 2. The van der Waals surface area contributed by atoms with E-state index < -0.39 is 11.6 Å². The number of fused-ring (bicyclic) bond motifs is 1. The lowest BCUT2D eigenvalue weighted by Crippen LogP contribution is -1.99. The Morgan fingerprint density at radius 3 is 2.38 bits per heavy atom. The summed E-state index contributed by atoms with van der Waals surface area (Å²) in [4.78, 5) is 8.39. The van der Waals surface area contributed by atoms with E-state index in [1.54, 1.807) is 25.3 Å². The van der Waals surface area contributed by atoms with Crippen LogP contribution in [0, 0.1) is 11.6 Å². The molecule has 0 radical (unpaired) electrons. The Morgan fingerprint density at radius 2 is 1.71 bits per heavy atom. The Hall–Kier alpha value is -2.76. The number of anilines is 1. The normalized spacial score (nSPS) is 10.8. The van der Waals surface area contributed by atoms with Crippen molar-refractivity contribution in [2.24, 2.45) is 0 Å². The fraction of sp³-hybridized carbons (Fsp3) is 0.0667. The molecule has 2 N–H and O–H groups in total. The first-order chi connectivity index (χ1) is 10.1. The summed E-state index contributed by atoms with van der Waals surface area (Å²) >= 11 is 0. The zero-order valence-corrected chi connectivity index (χ0v) is 11.1. The monoisotopic (exact) mass is 287 g/mol. The highest BCUT2D eigenvalue weighted by molar-refractivity contribution is 5.90. The fourth-order valence-electron chi connectivity index (χ4n) is 2.07. The molecule has 21 heavy (non-hydrogen) atoms. The van der Waals surface area contributed by atoms with Gasteiger partial charge in [-0.2, -0.15) is 0 Å². The topological polar surface area (TPSA) is 61.0 Å². The van der Waals surface area contributed by atoms with E-state index >= 15 is 0 Å². The van der Waals surface area contributed by atoms with Gasteiger partial charge in [-0.1, -0.05) is 0 Å². The SMILES string of the molecule is COc1ccc2nc(-c3cc(F)cc(F)c3)nc(N)c2c1. The fourth-order valence-corrected chi connectivity index (χ4v) is 2.07. The minimum absolute atomic E-state index is 0.170. The van der Waals surface area contributed by atoms with Gasteiger partial charge in [-0.3, -0.25) is 0 Å². The summed E-state index contributed by atoms with van der Waals surface area (Å²) in [6.07, 6.45) is 0. The molecule has 6 heteroatoms. The average molecular weight is 287 g/mol. The summed E-state index contributed by atoms with van der Waals surface area (Å²) in [6, 6.07) is 8.26. The molecule has 0 amide bonds. The van der Waals surface area contributed by atoms with Crippen molar-refractivity contribution < 1.29 is 13.5 Å². The second-order valence-corrected chi connectivity index (χ2v) is 4.47. The van der Waals surface area contributed by atoms with Gasteiger partial charge in [-0.25, -0.2) is 18.7 Å². The summed E-state index contributed by atoms with van der Waals surface area (Å²) in [7, 11) is 1.54. The molecule has 0 atom stereocenters. The molecule has 0 aliphatic heterocycles. The summed E-state index contributed by atoms with van der Waals surface area (Å²) in [6.45, 7) is 0. The quantitative estimate of drug-likeness (QED) is 0.786. The maximum Gasteiger partial charge on any atom is 0.162 e. The molecule has 3 rings (SSSR count). The van der Waals surface area contributed by atoms with Crippen LogP contribution < -0.4 is 10.5 Å². The van der Waals surface area contributed by atoms with E-state index in [-0.39, 0.29) is 17.2 Å². The number of aromatic nitrogens is 2. The second kappa shape index (κ2) is 4.97. The van der Waals surface area contributed by atoms with Crippen LogP contribution in [0.25, 0.3) is 22.3 Å². The number of benzene rings is 2. The van der Waals surface area contributed by atoms with Crippen LogP contribution in [0.2, 0.25) is 0 Å². The summed E-state index contributed by atoms with van der Waals surface area (Å²) in [5.41, 5.74) is 6.71. The molecule has 0 saturated carbocycles. The van der Waals surface area contributed by atoms with Crippen LogP contribution in [0.15, 0.2) is 36.4 Å². The van der Waals surface area contributed by atoms with Gasteiger partial charge in [-0.15, -0.1) is 0 Å². The molecule has 1 aromatic heterocycles. The van der Waals surface area contributed by atoms with Gasteiger partial charge in [0.25, 0.3) is 0 Å². The van der Waals surface area contributed by atoms with Crippen molar-refractivity contribution in [3.63, 3.8) is 0 Å². The summed E-state index contributed by atoms with van der Waals surface area (Å²) < 4.78 is 31.7. The van der Waals surface area contributed by atoms with E-state index in [9.17, 15) is 8.78 Å². The molecular formula is C15H11F2N3O.